The van der Waals surface area contributed by atoms with Gasteiger partial charge in [-0.05, 0) is 31.5 Å². The highest BCUT2D eigenvalue weighted by Gasteiger charge is 2.39. The number of hydrogen-bond acceptors (Lipinski definition) is 3. The van der Waals surface area contributed by atoms with Crippen LogP contribution in [0.25, 0.3) is 10.9 Å². The zero-order valence-electron chi connectivity index (χ0n) is 12.8. The molecule has 3 aliphatic rings. The summed E-state index contributed by atoms with van der Waals surface area (Å²) >= 11 is 0. The summed E-state index contributed by atoms with van der Waals surface area (Å²) in [4.78, 5) is 18.2. The van der Waals surface area contributed by atoms with Crippen LogP contribution in [0.4, 0.5) is 4.39 Å². The van der Waals surface area contributed by atoms with E-state index in [0.29, 0.717) is 23.0 Å². The Hall–Kier alpha value is -2.21. The molecule has 1 fully saturated rings. The van der Waals surface area contributed by atoms with Crippen molar-refractivity contribution in [1.29, 1.82) is 0 Å². The molecule has 5 nitrogen and oxygen atoms in total. The van der Waals surface area contributed by atoms with Crippen LogP contribution in [-0.4, -0.2) is 40.6 Å². The van der Waals surface area contributed by atoms with Crippen LogP contribution in [0.5, 0.6) is 0 Å². The molecule has 2 aromatic rings. The van der Waals surface area contributed by atoms with Crippen molar-refractivity contribution in [2.45, 2.75) is 31.7 Å². The van der Waals surface area contributed by atoms with Crippen LogP contribution in [0.3, 0.4) is 0 Å². The number of aromatic nitrogens is 1. The third-order valence-corrected chi connectivity index (χ3v) is 5.52. The van der Waals surface area contributed by atoms with Crippen molar-refractivity contribution in [3.05, 3.63) is 34.8 Å². The van der Waals surface area contributed by atoms with Gasteiger partial charge in [0.25, 0.3) is 5.91 Å². The van der Waals surface area contributed by atoms with Crippen molar-refractivity contribution in [2.24, 2.45) is 5.10 Å². The maximum absolute atomic E-state index is 13.9. The third-order valence-electron chi connectivity index (χ3n) is 5.52. The van der Waals surface area contributed by atoms with Gasteiger partial charge in [-0.15, -0.1) is 0 Å². The first-order valence-corrected chi connectivity index (χ1v) is 8.10. The van der Waals surface area contributed by atoms with Gasteiger partial charge in [0, 0.05) is 35.1 Å². The summed E-state index contributed by atoms with van der Waals surface area (Å²) in [6.07, 6.45) is 2.35. The number of benzene rings is 1. The number of fused-ring (bicyclic) bond motifs is 1. The van der Waals surface area contributed by atoms with Crippen LogP contribution >= 0.6 is 0 Å². The third kappa shape index (κ3) is 1.69. The minimum absolute atomic E-state index is 0.303. The topological polar surface area (TPSA) is 60.5 Å². The normalized spacial score (nSPS) is 26.5. The second kappa shape index (κ2) is 4.41. The summed E-state index contributed by atoms with van der Waals surface area (Å²) in [5.74, 6) is -0.447. The Kier molecular flexibility index (Phi) is 2.54. The average Bonchev–Trinajstić information content (AvgIpc) is 3.07. The molecule has 0 spiro atoms. The predicted molar refractivity (Wildman–Crippen MR) is 85.3 cm³/mol. The molecule has 1 aromatic heterocycles. The molecule has 3 aliphatic heterocycles. The number of nitrogens with zero attached hydrogens (tertiary/aromatic N) is 2. The highest BCUT2D eigenvalue weighted by molar-refractivity contribution is 6.21. The number of H-pyrrole nitrogens is 1. The molecular formula is C17H17FN4O. The first kappa shape index (κ1) is 13.2. The maximum atomic E-state index is 13.9. The molecule has 4 heterocycles. The maximum Gasteiger partial charge on any atom is 0.272 e. The Bertz CT molecular complexity index is 884. The molecular weight excluding hydrogens is 295 g/mol. The molecule has 0 aliphatic carbocycles. The summed E-state index contributed by atoms with van der Waals surface area (Å²) in [7, 11) is 0. The fraction of sp³-hybridized carbons (Fsp3) is 0.412. The molecule has 0 radical (unpaired) electrons. The molecule has 2 N–H and O–H groups in total. The number of hydrazone groups is 1. The van der Waals surface area contributed by atoms with Gasteiger partial charge < -0.3 is 4.98 Å². The number of carbonyl (C=O) groups excluding carboxylic acids is 1. The molecule has 118 valence electrons. The van der Waals surface area contributed by atoms with Crippen molar-refractivity contribution in [1.82, 2.24) is 15.3 Å². The van der Waals surface area contributed by atoms with E-state index in [1.807, 2.05) is 0 Å². The highest BCUT2D eigenvalue weighted by atomic mass is 19.1. The second-order valence-electron chi connectivity index (χ2n) is 6.76. The standard InChI is InChI=1S/C17H17FN4O/c1-8-13-3-2-4-22(13)7-12-15-14-10(17(23)21-20-12)5-9(18)6-11(14)19-16(8)15/h5-6,8,13,19H,2-4,7H2,1H3,(H,21,23)/t8-,13+/m0/s1. The van der Waals surface area contributed by atoms with Crippen molar-refractivity contribution in [3.8, 4) is 0 Å². The fourth-order valence-electron chi connectivity index (χ4n) is 4.49. The minimum Gasteiger partial charge on any atom is -0.357 e. The first-order chi connectivity index (χ1) is 11.1. The molecule has 0 bridgehead atoms. The lowest BCUT2D eigenvalue weighted by molar-refractivity contribution is 0.0956. The van der Waals surface area contributed by atoms with Gasteiger partial charge in [0.2, 0.25) is 0 Å². The lowest BCUT2D eigenvalue weighted by Gasteiger charge is -2.26. The number of hydrogen-bond donors (Lipinski definition) is 2. The van der Waals surface area contributed by atoms with E-state index in [-0.39, 0.29) is 5.91 Å². The smallest absolute Gasteiger partial charge is 0.272 e. The van der Waals surface area contributed by atoms with E-state index in [1.54, 1.807) is 0 Å². The quantitative estimate of drug-likeness (QED) is 0.784. The van der Waals surface area contributed by atoms with Crippen LogP contribution in [0, 0.1) is 5.82 Å². The molecule has 1 amide bonds. The summed E-state index contributed by atoms with van der Waals surface area (Å²) in [6.45, 7) is 4.00. The Morgan fingerprint density at radius 1 is 1.39 bits per heavy atom. The SMILES string of the molecule is C[C@@H]1c2[nH]c3cc(F)cc4c3c2C(=NNC4=O)CN2CCC[C@H]12. The Morgan fingerprint density at radius 3 is 3.13 bits per heavy atom. The summed E-state index contributed by atoms with van der Waals surface area (Å²) in [6, 6.07) is 3.25. The van der Waals surface area contributed by atoms with Crippen molar-refractivity contribution in [3.63, 3.8) is 0 Å². The lowest BCUT2D eigenvalue weighted by atomic mass is 9.93. The number of nitrogens with one attached hydrogen (secondary N) is 2. The van der Waals surface area contributed by atoms with Gasteiger partial charge in [-0.1, -0.05) is 6.92 Å². The van der Waals surface area contributed by atoms with Gasteiger partial charge >= 0.3 is 0 Å². The molecule has 2 atom stereocenters. The molecule has 6 heteroatoms. The van der Waals surface area contributed by atoms with Gasteiger partial charge in [-0.25, -0.2) is 9.82 Å². The highest BCUT2D eigenvalue weighted by Crippen LogP contribution is 2.40. The van der Waals surface area contributed by atoms with Crippen molar-refractivity contribution in [2.75, 3.05) is 13.1 Å². The Labute approximate surface area is 132 Å². The van der Waals surface area contributed by atoms with E-state index in [9.17, 15) is 9.18 Å². The number of carbonyl (C=O) groups is 1. The van der Waals surface area contributed by atoms with Gasteiger partial charge in [-0.3, -0.25) is 9.69 Å². The Balaban J connectivity index is 1.87. The first-order valence-electron chi connectivity index (χ1n) is 8.10. The minimum atomic E-state index is -0.405. The molecule has 0 saturated carbocycles. The zero-order valence-corrected chi connectivity index (χ0v) is 12.8. The van der Waals surface area contributed by atoms with Crippen LogP contribution < -0.4 is 5.43 Å². The largest absolute Gasteiger partial charge is 0.357 e. The monoisotopic (exact) mass is 312 g/mol. The van der Waals surface area contributed by atoms with E-state index in [2.05, 4.69) is 27.3 Å². The Morgan fingerprint density at radius 2 is 2.26 bits per heavy atom. The van der Waals surface area contributed by atoms with Gasteiger partial charge in [0.15, 0.2) is 0 Å². The number of amides is 1. The fourth-order valence-corrected chi connectivity index (χ4v) is 4.49. The van der Waals surface area contributed by atoms with Crippen LogP contribution in [0.2, 0.25) is 0 Å². The van der Waals surface area contributed by atoms with Crippen LogP contribution in [-0.2, 0) is 0 Å². The summed E-state index contributed by atoms with van der Waals surface area (Å²) in [5, 5.41) is 5.17. The van der Waals surface area contributed by atoms with E-state index in [0.717, 1.165) is 41.9 Å². The summed E-state index contributed by atoms with van der Waals surface area (Å²) < 4.78 is 13.9. The van der Waals surface area contributed by atoms with Crippen molar-refractivity contribution >= 4 is 22.5 Å². The zero-order chi connectivity index (χ0) is 15.7. The molecule has 1 aromatic carbocycles. The number of halogens is 1. The number of aromatic amines is 1. The van der Waals surface area contributed by atoms with E-state index < -0.39 is 5.82 Å². The van der Waals surface area contributed by atoms with Gasteiger partial charge in [-0.2, -0.15) is 5.10 Å². The van der Waals surface area contributed by atoms with Gasteiger partial charge in [0.1, 0.15) is 5.82 Å². The second-order valence-corrected chi connectivity index (χ2v) is 6.76. The van der Waals surface area contributed by atoms with Gasteiger partial charge in [0.05, 0.1) is 16.8 Å². The molecule has 23 heavy (non-hydrogen) atoms. The molecule has 1 saturated heterocycles. The van der Waals surface area contributed by atoms with E-state index >= 15 is 0 Å². The average molecular weight is 312 g/mol. The molecule has 5 rings (SSSR count). The van der Waals surface area contributed by atoms with Crippen LogP contribution in [0.1, 0.15) is 47.3 Å². The van der Waals surface area contributed by atoms with E-state index in [1.165, 1.54) is 18.6 Å². The molecule has 0 unspecified atom stereocenters. The summed E-state index contributed by atoms with van der Waals surface area (Å²) in [5.41, 5.74) is 6.60. The number of rotatable bonds is 0. The van der Waals surface area contributed by atoms with Crippen LogP contribution in [0.15, 0.2) is 17.2 Å². The van der Waals surface area contributed by atoms with E-state index in [4.69, 9.17) is 0 Å². The predicted octanol–water partition coefficient (Wildman–Crippen LogP) is 2.34. The van der Waals surface area contributed by atoms with Crippen molar-refractivity contribution < 1.29 is 9.18 Å². The lowest BCUT2D eigenvalue weighted by Crippen LogP contribution is -2.35.